The van der Waals surface area contributed by atoms with E-state index in [1.165, 1.54) is 6.26 Å². The van der Waals surface area contributed by atoms with E-state index in [2.05, 4.69) is 20.1 Å². The molecular weight excluding hydrogens is 294 g/mol. The molecule has 4 rings (SSSR count). The number of hydrogen-bond donors (Lipinski definition) is 0. The zero-order chi connectivity index (χ0) is 15.6. The summed E-state index contributed by atoms with van der Waals surface area (Å²) in [5, 5.41) is 5.35. The van der Waals surface area contributed by atoms with Crippen molar-refractivity contribution in [2.75, 3.05) is 7.11 Å². The second-order valence-corrected chi connectivity index (χ2v) is 4.95. The molecule has 0 N–H and O–H groups in total. The predicted octanol–water partition coefficient (Wildman–Crippen LogP) is 2.54. The Morgan fingerprint density at radius 2 is 2.13 bits per heavy atom. The number of para-hydroxylation sites is 1. The summed E-state index contributed by atoms with van der Waals surface area (Å²) in [6.07, 6.45) is 6.67. The van der Waals surface area contributed by atoms with Crippen molar-refractivity contribution >= 4 is 11.0 Å². The molecule has 1 aromatic carbocycles. The minimum atomic E-state index is 0.381. The molecule has 3 aromatic heterocycles. The van der Waals surface area contributed by atoms with Gasteiger partial charge in [-0.1, -0.05) is 18.2 Å². The van der Waals surface area contributed by atoms with E-state index in [1.54, 1.807) is 19.5 Å². The first-order valence-electron chi connectivity index (χ1n) is 7.05. The van der Waals surface area contributed by atoms with Gasteiger partial charge in [0.1, 0.15) is 12.0 Å². The van der Waals surface area contributed by atoms with Gasteiger partial charge in [0.05, 0.1) is 25.2 Å². The van der Waals surface area contributed by atoms with E-state index in [1.807, 2.05) is 35.1 Å². The Bertz CT molecular complexity index is 946. The van der Waals surface area contributed by atoms with Gasteiger partial charge >= 0.3 is 0 Å². The molecule has 7 nitrogen and oxygen atoms in total. The van der Waals surface area contributed by atoms with E-state index >= 15 is 0 Å². The second kappa shape index (κ2) is 5.53. The monoisotopic (exact) mass is 307 g/mol. The standard InChI is InChI=1S/C16H13N5O2/c1-22-13-5-3-2-4-11(13)9-21-10-12-8-18-15(19-14(12)20-21)16-17-6-7-23-16/h2-8,10H,9H2,1H3. The van der Waals surface area contributed by atoms with E-state index < -0.39 is 0 Å². The normalized spacial score (nSPS) is 11.0. The quantitative estimate of drug-likeness (QED) is 0.576. The molecule has 0 spiro atoms. The van der Waals surface area contributed by atoms with E-state index in [0.717, 1.165) is 16.7 Å². The summed E-state index contributed by atoms with van der Waals surface area (Å²) in [5.41, 5.74) is 1.65. The van der Waals surface area contributed by atoms with Gasteiger partial charge in [-0.25, -0.2) is 15.0 Å². The van der Waals surface area contributed by atoms with Crippen molar-refractivity contribution in [3.63, 3.8) is 0 Å². The van der Waals surface area contributed by atoms with Crippen LogP contribution in [0.1, 0.15) is 5.56 Å². The van der Waals surface area contributed by atoms with Gasteiger partial charge in [0, 0.05) is 18.0 Å². The number of methoxy groups -OCH3 is 1. The Balaban J connectivity index is 1.69. The fraction of sp³-hybridized carbons (Fsp3) is 0.125. The van der Waals surface area contributed by atoms with Crippen LogP contribution in [0.2, 0.25) is 0 Å². The van der Waals surface area contributed by atoms with Gasteiger partial charge in [0.25, 0.3) is 5.89 Å². The lowest BCUT2D eigenvalue weighted by molar-refractivity contribution is 0.407. The van der Waals surface area contributed by atoms with Crippen molar-refractivity contribution in [1.82, 2.24) is 24.7 Å². The predicted molar refractivity (Wildman–Crippen MR) is 82.9 cm³/mol. The lowest BCUT2D eigenvalue weighted by Gasteiger charge is -2.07. The third-order valence-corrected chi connectivity index (χ3v) is 3.46. The molecule has 0 atom stereocenters. The van der Waals surface area contributed by atoms with Crippen LogP contribution in [0.5, 0.6) is 5.75 Å². The molecule has 0 aliphatic rings. The van der Waals surface area contributed by atoms with Crippen molar-refractivity contribution in [3.8, 4) is 17.5 Å². The van der Waals surface area contributed by atoms with Crippen molar-refractivity contribution in [2.24, 2.45) is 0 Å². The summed E-state index contributed by atoms with van der Waals surface area (Å²) >= 11 is 0. The number of ether oxygens (including phenoxy) is 1. The lowest BCUT2D eigenvalue weighted by atomic mass is 10.2. The van der Waals surface area contributed by atoms with E-state index in [-0.39, 0.29) is 0 Å². The molecule has 0 radical (unpaired) electrons. The highest BCUT2D eigenvalue weighted by molar-refractivity contribution is 5.74. The number of aromatic nitrogens is 5. The first-order chi connectivity index (χ1) is 11.3. The van der Waals surface area contributed by atoms with Crippen LogP contribution in [0.3, 0.4) is 0 Å². The van der Waals surface area contributed by atoms with E-state index in [0.29, 0.717) is 23.9 Å². The third-order valence-electron chi connectivity index (χ3n) is 3.46. The van der Waals surface area contributed by atoms with Crippen LogP contribution in [0, 0.1) is 0 Å². The highest BCUT2D eigenvalue weighted by Gasteiger charge is 2.11. The van der Waals surface area contributed by atoms with Gasteiger partial charge in [0.15, 0.2) is 5.65 Å². The highest BCUT2D eigenvalue weighted by atomic mass is 16.5. The Morgan fingerprint density at radius 3 is 2.96 bits per heavy atom. The summed E-state index contributed by atoms with van der Waals surface area (Å²) in [4.78, 5) is 12.7. The van der Waals surface area contributed by atoms with Crippen LogP contribution in [-0.4, -0.2) is 31.8 Å². The van der Waals surface area contributed by atoms with Crippen LogP contribution >= 0.6 is 0 Å². The second-order valence-electron chi connectivity index (χ2n) is 4.95. The van der Waals surface area contributed by atoms with E-state index in [9.17, 15) is 0 Å². The van der Waals surface area contributed by atoms with Gasteiger partial charge in [-0.15, -0.1) is 0 Å². The summed E-state index contributed by atoms with van der Waals surface area (Å²) in [5.74, 6) is 1.63. The van der Waals surface area contributed by atoms with E-state index in [4.69, 9.17) is 9.15 Å². The average molecular weight is 307 g/mol. The van der Waals surface area contributed by atoms with Gasteiger partial charge in [-0.05, 0) is 6.07 Å². The zero-order valence-corrected chi connectivity index (χ0v) is 12.4. The van der Waals surface area contributed by atoms with Crippen LogP contribution < -0.4 is 4.74 Å². The molecule has 0 aliphatic carbocycles. The van der Waals surface area contributed by atoms with Crippen molar-refractivity contribution < 1.29 is 9.15 Å². The maximum Gasteiger partial charge on any atom is 0.264 e. The average Bonchev–Trinajstić information content (AvgIpc) is 3.23. The molecule has 0 aliphatic heterocycles. The minimum Gasteiger partial charge on any atom is -0.496 e. The SMILES string of the molecule is COc1ccccc1Cn1cc2cnc(-c3ncco3)nc2n1. The number of rotatable bonds is 4. The Labute approximate surface area is 131 Å². The molecule has 0 saturated carbocycles. The zero-order valence-electron chi connectivity index (χ0n) is 12.4. The van der Waals surface area contributed by atoms with Gasteiger partial charge < -0.3 is 9.15 Å². The van der Waals surface area contributed by atoms with Crippen LogP contribution in [0.25, 0.3) is 22.7 Å². The first kappa shape index (κ1) is 13.4. The van der Waals surface area contributed by atoms with Gasteiger partial charge in [0.2, 0.25) is 5.82 Å². The third kappa shape index (κ3) is 2.52. The van der Waals surface area contributed by atoms with Crippen molar-refractivity contribution in [1.29, 1.82) is 0 Å². The fourth-order valence-electron chi connectivity index (χ4n) is 2.39. The minimum absolute atomic E-state index is 0.381. The number of fused-ring (bicyclic) bond motifs is 1. The number of benzene rings is 1. The smallest absolute Gasteiger partial charge is 0.264 e. The Kier molecular flexibility index (Phi) is 3.23. The highest BCUT2D eigenvalue weighted by Crippen LogP contribution is 2.20. The number of oxazole rings is 1. The Morgan fingerprint density at radius 1 is 1.22 bits per heavy atom. The van der Waals surface area contributed by atoms with Gasteiger partial charge in [-0.2, -0.15) is 5.10 Å². The summed E-state index contributed by atoms with van der Waals surface area (Å²) < 4.78 is 12.4. The molecule has 0 unspecified atom stereocenters. The molecule has 0 amide bonds. The molecular formula is C16H13N5O2. The molecule has 23 heavy (non-hydrogen) atoms. The molecule has 0 bridgehead atoms. The molecule has 7 heteroatoms. The molecule has 4 aromatic rings. The van der Waals surface area contributed by atoms with Crippen LogP contribution in [0.15, 0.2) is 53.5 Å². The van der Waals surface area contributed by atoms with Crippen LogP contribution in [0.4, 0.5) is 0 Å². The number of hydrogen-bond acceptors (Lipinski definition) is 6. The van der Waals surface area contributed by atoms with Crippen molar-refractivity contribution in [2.45, 2.75) is 6.54 Å². The van der Waals surface area contributed by atoms with Gasteiger partial charge in [-0.3, -0.25) is 4.68 Å². The topological polar surface area (TPSA) is 78.9 Å². The number of nitrogens with zero attached hydrogens (tertiary/aromatic N) is 5. The molecule has 0 saturated heterocycles. The molecule has 114 valence electrons. The van der Waals surface area contributed by atoms with Crippen molar-refractivity contribution in [3.05, 3.63) is 54.7 Å². The van der Waals surface area contributed by atoms with Crippen LogP contribution in [-0.2, 0) is 6.54 Å². The maximum atomic E-state index is 5.37. The lowest BCUT2D eigenvalue weighted by Crippen LogP contribution is -2.02. The molecule has 3 heterocycles. The first-order valence-corrected chi connectivity index (χ1v) is 7.05. The summed E-state index contributed by atoms with van der Waals surface area (Å²) in [6, 6.07) is 7.85. The fourth-order valence-corrected chi connectivity index (χ4v) is 2.39. The summed E-state index contributed by atoms with van der Waals surface area (Å²) in [6.45, 7) is 0.592. The maximum absolute atomic E-state index is 5.37. The summed E-state index contributed by atoms with van der Waals surface area (Å²) in [7, 11) is 1.66. The largest absolute Gasteiger partial charge is 0.496 e. The molecule has 0 fully saturated rings. The Hall–Kier alpha value is -3.22.